The molecule has 0 unspecified atom stereocenters. The highest BCUT2D eigenvalue weighted by molar-refractivity contribution is 9.10. The average Bonchev–Trinajstić information content (AvgIpc) is 2.30. The first-order valence-corrected chi connectivity index (χ1v) is 5.90. The lowest BCUT2D eigenvalue weighted by molar-refractivity contribution is 0.0382. The van der Waals surface area contributed by atoms with E-state index in [1.165, 1.54) is 0 Å². The molecule has 1 aliphatic rings. The van der Waals surface area contributed by atoms with Crippen molar-refractivity contribution in [1.29, 1.82) is 0 Å². The van der Waals surface area contributed by atoms with Gasteiger partial charge in [0.05, 0.1) is 17.7 Å². The molecule has 0 atom stereocenters. The Kier molecular flexibility index (Phi) is 4.05. The summed E-state index contributed by atoms with van der Waals surface area (Å²) < 4.78 is 6.22. The van der Waals surface area contributed by atoms with Crippen LogP contribution in [-0.2, 0) is 11.2 Å². The van der Waals surface area contributed by atoms with E-state index >= 15 is 0 Å². The molecule has 1 aromatic heterocycles. The summed E-state index contributed by atoms with van der Waals surface area (Å²) in [5.41, 5.74) is 0. The molecule has 2 heterocycles. The SMILES string of the molecule is Brc1cnc(CCN2CCOCC2)nc1. The third-order valence-corrected chi connectivity index (χ3v) is 2.84. The second kappa shape index (κ2) is 5.53. The summed E-state index contributed by atoms with van der Waals surface area (Å²) >= 11 is 3.32. The third-order valence-electron chi connectivity index (χ3n) is 2.43. The zero-order valence-electron chi connectivity index (χ0n) is 8.53. The van der Waals surface area contributed by atoms with E-state index < -0.39 is 0 Å². The maximum atomic E-state index is 5.29. The zero-order chi connectivity index (χ0) is 10.5. The molecule has 0 radical (unpaired) electrons. The largest absolute Gasteiger partial charge is 0.379 e. The van der Waals surface area contributed by atoms with Gasteiger partial charge < -0.3 is 4.74 Å². The molecule has 1 fully saturated rings. The number of nitrogens with zero attached hydrogens (tertiary/aromatic N) is 3. The van der Waals surface area contributed by atoms with E-state index in [2.05, 4.69) is 30.8 Å². The van der Waals surface area contributed by atoms with E-state index in [1.54, 1.807) is 12.4 Å². The molecule has 15 heavy (non-hydrogen) atoms. The highest BCUT2D eigenvalue weighted by atomic mass is 79.9. The van der Waals surface area contributed by atoms with E-state index in [1.807, 2.05) is 0 Å². The molecule has 0 spiro atoms. The van der Waals surface area contributed by atoms with Crippen LogP contribution in [0, 0.1) is 0 Å². The van der Waals surface area contributed by atoms with Crippen molar-refractivity contribution in [3.05, 3.63) is 22.7 Å². The Morgan fingerprint density at radius 3 is 2.60 bits per heavy atom. The van der Waals surface area contributed by atoms with Gasteiger partial charge in [0.25, 0.3) is 0 Å². The first-order valence-electron chi connectivity index (χ1n) is 5.11. The van der Waals surface area contributed by atoms with Crippen molar-refractivity contribution in [1.82, 2.24) is 14.9 Å². The van der Waals surface area contributed by atoms with E-state index in [4.69, 9.17) is 4.74 Å². The molecule has 1 aromatic rings. The Bertz CT molecular complexity index is 298. The Morgan fingerprint density at radius 1 is 1.27 bits per heavy atom. The minimum absolute atomic E-state index is 0.848. The fourth-order valence-corrected chi connectivity index (χ4v) is 1.76. The number of aromatic nitrogens is 2. The maximum absolute atomic E-state index is 5.29. The number of halogens is 1. The van der Waals surface area contributed by atoms with Crippen LogP contribution in [0.1, 0.15) is 5.82 Å². The van der Waals surface area contributed by atoms with Crippen molar-refractivity contribution in [2.75, 3.05) is 32.8 Å². The predicted octanol–water partition coefficient (Wildman–Crippen LogP) is 1.11. The van der Waals surface area contributed by atoms with Crippen LogP contribution in [0.25, 0.3) is 0 Å². The summed E-state index contributed by atoms with van der Waals surface area (Å²) in [6.45, 7) is 4.76. The van der Waals surface area contributed by atoms with Crippen LogP contribution in [0.3, 0.4) is 0 Å². The number of hydrogen-bond acceptors (Lipinski definition) is 4. The molecule has 0 bridgehead atoms. The van der Waals surface area contributed by atoms with Crippen LogP contribution in [0.15, 0.2) is 16.9 Å². The Labute approximate surface area is 97.8 Å². The number of rotatable bonds is 3. The van der Waals surface area contributed by atoms with Crippen LogP contribution < -0.4 is 0 Å². The summed E-state index contributed by atoms with van der Waals surface area (Å²) in [5, 5.41) is 0. The smallest absolute Gasteiger partial charge is 0.129 e. The summed E-state index contributed by atoms with van der Waals surface area (Å²) in [6.07, 6.45) is 4.50. The predicted molar refractivity (Wildman–Crippen MR) is 60.7 cm³/mol. The molecule has 0 amide bonds. The molecule has 0 aromatic carbocycles. The first kappa shape index (κ1) is 11.0. The van der Waals surface area contributed by atoms with Gasteiger partial charge in [0.1, 0.15) is 5.82 Å². The van der Waals surface area contributed by atoms with Crippen LogP contribution >= 0.6 is 15.9 Å². The molecule has 0 saturated carbocycles. The van der Waals surface area contributed by atoms with Gasteiger partial charge in [0, 0.05) is 38.4 Å². The van der Waals surface area contributed by atoms with E-state index in [9.17, 15) is 0 Å². The van der Waals surface area contributed by atoms with Gasteiger partial charge in [-0.1, -0.05) is 0 Å². The molecular weight excluding hydrogens is 258 g/mol. The van der Waals surface area contributed by atoms with Crippen molar-refractivity contribution in [3.8, 4) is 0 Å². The van der Waals surface area contributed by atoms with E-state index in [0.717, 1.165) is 49.6 Å². The number of morpholine rings is 1. The summed E-state index contributed by atoms with van der Waals surface area (Å²) in [4.78, 5) is 10.9. The summed E-state index contributed by atoms with van der Waals surface area (Å²) in [6, 6.07) is 0. The van der Waals surface area contributed by atoms with Crippen molar-refractivity contribution in [2.45, 2.75) is 6.42 Å². The third kappa shape index (κ3) is 3.52. The lowest BCUT2D eigenvalue weighted by Crippen LogP contribution is -2.37. The van der Waals surface area contributed by atoms with Gasteiger partial charge in [-0.15, -0.1) is 0 Å². The average molecular weight is 272 g/mol. The van der Waals surface area contributed by atoms with Crippen molar-refractivity contribution in [3.63, 3.8) is 0 Å². The van der Waals surface area contributed by atoms with Crippen LogP contribution in [0.5, 0.6) is 0 Å². The number of hydrogen-bond donors (Lipinski definition) is 0. The number of ether oxygens (including phenoxy) is 1. The van der Waals surface area contributed by atoms with Gasteiger partial charge in [0.15, 0.2) is 0 Å². The fourth-order valence-electron chi connectivity index (χ4n) is 1.55. The minimum Gasteiger partial charge on any atom is -0.379 e. The first-order chi connectivity index (χ1) is 7.34. The maximum Gasteiger partial charge on any atom is 0.129 e. The van der Waals surface area contributed by atoms with Gasteiger partial charge in [0.2, 0.25) is 0 Å². The standard InChI is InChI=1S/C10H14BrN3O/c11-9-7-12-10(13-8-9)1-2-14-3-5-15-6-4-14/h7-8H,1-6H2. The molecule has 1 aliphatic heterocycles. The summed E-state index contributed by atoms with van der Waals surface area (Å²) in [5.74, 6) is 0.907. The Balaban J connectivity index is 1.79. The van der Waals surface area contributed by atoms with Gasteiger partial charge >= 0.3 is 0 Å². The molecule has 82 valence electrons. The van der Waals surface area contributed by atoms with Crippen molar-refractivity contribution in [2.24, 2.45) is 0 Å². The van der Waals surface area contributed by atoms with Crippen LogP contribution in [0.2, 0.25) is 0 Å². The van der Waals surface area contributed by atoms with Gasteiger partial charge in [-0.25, -0.2) is 9.97 Å². The minimum atomic E-state index is 0.848. The molecule has 2 rings (SSSR count). The highest BCUT2D eigenvalue weighted by Crippen LogP contribution is 2.05. The molecule has 5 heteroatoms. The van der Waals surface area contributed by atoms with E-state index in [0.29, 0.717) is 0 Å². The zero-order valence-corrected chi connectivity index (χ0v) is 10.1. The topological polar surface area (TPSA) is 38.2 Å². The monoisotopic (exact) mass is 271 g/mol. The van der Waals surface area contributed by atoms with Gasteiger partial charge in [-0.3, -0.25) is 4.90 Å². The van der Waals surface area contributed by atoms with Crippen LogP contribution in [-0.4, -0.2) is 47.7 Å². The normalized spacial score (nSPS) is 17.9. The van der Waals surface area contributed by atoms with Gasteiger partial charge in [-0.2, -0.15) is 0 Å². The molecular formula is C10H14BrN3O. The van der Waals surface area contributed by atoms with Crippen LogP contribution in [0.4, 0.5) is 0 Å². The second-order valence-corrected chi connectivity index (χ2v) is 4.44. The second-order valence-electron chi connectivity index (χ2n) is 3.52. The molecule has 1 saturated heterocycles. The lowest BCUT2D eigenvalue weighted by atomic mass is 10.3. The summed E-state index contributed by atoms with van der Waals surface area (Å²) in [7, 11) is 0. The molecule has 4 nitrogen and oxygen atoms in total. The Morgan fingerprint density at radius 2 is 1.93 bits per heavy atom. The quantitative estimate of drug-likeness (QED) is 0.826. The fraction of sp³-hybridized carbons (Fsp3) is 0.600. The Hall–Kier alpha value is -0.520. The lowest BCUT2D eigenvalue weighted by Gasteiger charge is -2.26. The van der Waals surface area contributed by atoms with Crippen molar-refractivity contribution >= 4 is 15.9 Å². The van der Waals surface area contributed by atoms with E-state index in [-0.39, 0.29) is 0 Å². The van der Waals surface area contributed by atoms with Gasteiger partial charge in [-0.05, 0) is 15.9 Å². The molecule has 0 aliphatic carbocycles. The highest BCUT2D eigenvalue weighted by Gasteiger charge is 2.10. The molecule has 0 N–H and O–H groups in total. The van der Waals surface area contributed by atoms with Crippen molar-refractivity contribution < 1.29 is 4.74 Å².